The number of carbonyl (C=O) groups is 1. The van der Waals surface area contributed by atoms with Gasteiger partial charge in [0.25, 0.3) is 5.91 Å². The summed E-state index contributed by atoms with van der Waals surface area (Å²) in [7, 11) is 3.92. The highest BCUT2D eigenvalue weighted by atomic mass is 19.1. The van der Waals surface area contributed by atoms with Crippen LogP contribution in [0.3, 0.4) is 0 Å². The van der Waals surface area contributed by atoms with Crippen LogP contribution in [0.25, 0.3) is 0 Å². The minimum Gasteiger partial charge on any atom is -0.398 e. The summed E-state index contributed by atoms with van der Waals surface area (Å²) in [5.41, 5.74) is 6.27. The molecule has 106 valence electrons. The Morgan fingerprint density at radius 3 is 2.47 bits per heavy atom. The number of hydrogen-bond acceptors (Lipinski definition) is 3. The molecular weight excluding hydrogens is 245 g/mol. The number of anilines is 1. The van der Waals surface area contributed by atoms with Gasteiger partial charge in [0.15, 0.2) is 0 Å². The Kier molecular flexibility index (Phi) is 5.76. The van der Waals surface area contributed by atoms with Gasteiger partial charge < -0.3 is 15.5 Å². The molecule has 0 saturated carbocycles. The Labute approximate surface area is 114 Å². The Bertz CT molecular complexity index is 435. The summed E-state index contributed by atoms with van der Waals surface area (Å²) in [6.07, 6.45) is 0.875. The number of nitrogen functional groups attached to an aromatic ring is 1. The largest absolute Gasteiger partial charge is 0.398 e. The topological polar surface area (TPSA) is 49.6 Å². The molecule has 0 saturated heterocycles. The van der Waals surface area contributed by atoms with Crippen molar-refractivity contribution >= 4 is 11.6 Å². The second-order valence-electron chi connectivity index (χ2n) is 4.83. The number of nitrogens with two attached hydrogens (primary N) is 1. The molecule has 1 rings (SSSR count). The molecule has 1 aromatic carbocycles. The first-order valence-electron chi connectivity index (χ1n) is 6.44. The van der Waals surface area contributed by atoms with Crippen LogP contribution in [0.15, 0.2) is 18.2 Å². The Morgan fingerprint density at radius 1 is 1.26 bits per heavy atom. The average Bonchev–Trinajstić information content (AvgIpc) is 2.33. The van der Waals surface area contributed by atoms with Crippen molar-refractivity contribution in [1.82, 2.24) is 9.80 Å². The van der Waals surface area contributed by atoms with Gasteiger partial charge in [0.1, 0.15) is 5.82 Å². The van der Waals surface area contributed by atoms with Crippen LogP contribution in [0.1, 0.15) is 23.7 Å². The number of benzene rings is 1. The average molecular weight is 267 g/mol. The van der Waals surface area contributed by atoms with E-state index in [0.717, 1.165) is 13.0 Å². The third-order valence-electron chi connectivity index (χ3n) is 2.84. The molecule has 0 unspecified atom stereocenters. The molecule has 5 heteroatoms. The fourth-order valence-corrected chi connectivity index (χ4v) is 1.80. The number of amides is 1. The zero-order valence-corrected chi connectivity index (χ0v) is 11.8. The third kappa shape index (κ3) is 4.52. The molecule has 0 bridgehead atoms. The predicted octanol–water partition coefficient (Wildman–Crippen LogP) is 1.82. The van der Waals surface area contributed by atoms with E-state index >= 15 is 0 Å². The van der Waals surface area contributed by atoms with Crippen LogP contribution >= 0.6 is 0 Å². The third-order valence-corrected chi connectivity index (χ3v) is 2.84. The monoisotopic (exact) mass is 267 g/mol. The summed E-state index contributed by atoms with van der Waals surface area (Å²) in [6.45, 7) is 4.11. The number of likely N-dealkylation sites (N-methyl/N-ethyl adjacent to an activating group) is 1. The highest BCUT2D eigenvalue weighted by Gasteiger charge is 2.17. The summed E-state index contributed by atoms with van der Waals surface area (Å²) in [5, 5.41) is 0. The first-order valence-corrected chi connectivity index (χ1v) is 6.44. The van der Waals surface area contributed by atoms with E-state index in [-0.39, 0.29) is 11.6 Å². The normalized spacial score (nSPS) is 10.8. The Morgan fingerprint density at radius 2 is 1.95 bits per heavy atom. The van der Waals surface area contributed by atoms with Crippen molar-refractivity contribution in [3.8, 4) is 0 Å². The number of hydrogen-bond donors (Lipinski definition) is 1. The molecule has 4 nitrogen and oxygen atoms in total. The fourth-order valence-electron chi connectivity index (χ4n) is 1.80. The number of nitrogens with zero attached hydrogens (tertiary/aromatic N) is 2. The van der Waals surface area contributed by atoms with Crippen molar-refractivity contribution in [3.05, 3.63) is 29.6 Å². The number of carbonyl (C=O) groups excluding carboxylic acids is 1. The van der Waals surface area contributed by atoms with Gasteiger partial charge in [-0.2, -0.15) is 0 Å². The summed E-state index contributed by atoms with van der Waals surface area (Å²) in [5.74, 6) is -0.564. The number of halogens is 1. The van der Waals surface area contributed by atoms with E-state index in [1.54, 1.807) is 4.90 Å². The minimum atomic E-state index is -0.426. The van der Waals surface area contributed by atoms with E-state index in [1.165, 1.54) is 18.2 Å². The predicted molar refractivity (Wildman–Crippen MR) is 75.6 cm³/mol. The van der Waals surface area contributed by atoms with Gasteiger partial charge in [-0.25, -0.2) is 4.39 Å². The van der Waals surface area contributed by atoms with E-state index in [2.05, 4.69) is 0 Å². The second kappa shape index (κ2) is 7.09. The maximum absolute atomic E-state index is 13.0. The van der Waals surface area contributed by atoms with Crippen molar-refractivity contribution in [3.63, 3.8) is 0 Å². The van der Waals surface area contributed by atoms with Crippen LogP contribution in [0.5, 0.6) is 0 Å². The Hall–Kier alpha value is -1.62. The van der Waals surface area contributed by atoms with Crippen molar-refractivity contribution in [1.29, 1.82) is 0 Å². The van der Waals surface area contributed by atoms with E-state index < -0.39 is 5.82 Å². The van der Waals surface area contributed by atoms with E-state index in [0.29, 0.717) is 18.7 Å². The van der Waals surface area contributed by atoms with Crippen LogP contribution in [-0.4, -0.2) is 49.4 Å². The van der Waals surface area contributed by atoms with Crippen molar-refractivity contribution < 1.29 is 9.18 Å². The summed E-state index contributed by atoms with van der Waals surface area (Å²) in [4.78, 5) is 16.2. The maximum atomic E-state index is 13.0. The fraction of sp³-hybridized carbons (Fsp3) is 0.500. The number of rotatable bonds is 6. The highest BCUT2D eigenvalue weighted by Crippen LogP contribution is 2.16. The Balaban J connectivity index is 2.85. The van der Waals surface area contributed by atoms with Crippen LogP contribution in [-0.2, 0) is 0 Å². The molecule has 19 heavy (non-hydrogen) atoms. The molecule has 0 aliphatic carbocycles. The zero-order chi connectivity index (χ0) is 14.4. The molecule has 1 amide bonds. The van der Waals surface area contributed by atoms with Crippen molar-refractivity contribution in [2.45, 2.75) is 13.3 Å². The highest BCUT2D eigenvalue weighted by molar-refractivity contribution is 5.99. The molecular formula is C14H22FN3O. The van der Waals surface area contributed by atoms with Gasteiger partial charge in [0, 0.05) is 25.3 Å². The van der Waals surface area contributed by atoms with Crippen LogP contribution in [0, 0.1) is 5.82 Å². The minimum absolute atomic E-state index is 0.138. The van der Waals surface area contributed by atoms with Crippen molar-refractivity contribution in [2.24, 2.45) is 0 Å². The lowest BCUT2D eigenvalue weighted by atomic mass is 10.1. The standard InChI is InChI=1S/C14H22FN3O/c1-4-7-18(9-8-17(2)3)14(19)12-6-5-11(15)10-13(12)16/h5-6,10H,4,7-9,16H2,1-3H3. The molecule has 0 aromatic heterocycles. The molecule has 0 spiro atoms. The molecule has 0 atom stereocenters. The molecule has 1 aromatic rings. The molecule has 0 heterocycles. The summed E-state index contributed by atoms with van der Waals surface area (Å²) >= 11 is 0. The second-order valence-corrected chi connectivity index (χ2v) is 4.83. The van der Waals surface area contributed by atoms with Gasteiger partial charge >= 0.3 is 0 Å². The first kappa shape index (κ1) is 15.4. The zero-order valence-electron chi connectivity index (χ0n) is 11.8. The molecule has 2 N–H and O–H groups in total. The van der Waals surface area contributed by atoms with Gasteiger partial charge in [-0.1, -0.05) is 6.92 Å². The lowest BCUT2D eigenvalue weighted by Gasteiger charge is -2.24. The lowest BCUT2D eigenvalue weighted by molar-refractivity contribution is 0.0746. The van der Waals surface area contributed by atoms with Gasteiger partial charge in [0.05, 0.1) is 5.56 Å². The summed E-state index contributed by atoms with van der Waals surface area (Å²) in [6, 6.07) is 3.90. The van der Waals surface area contributed by atoms with E-state index in [9.17, 15) is 9.18 Å². The van der Waals surface area contributed by atoms with Gasteiger partial charge in [-0.3, -0.25) is 4.79 Å². The van der Waals surface area contributed by atoms with E-state index in [1.807, 2.05) is 25.9 Å². The smallest absolute Gasteiger partial charge is 0.255 e. The SMILES string of the molecule is CCCN(CCN(C)C)C(=O)c1ccc(F)cc1N. The van der Waals surface area contributed by atoms with Crippen LogP contribution in [0.4, 0.5) is 10.1 Å². The van der Waals surface area contributed by atoms with Crippen LogP contribution in [0.2, 0.25) is 0 Å². The van der Waals surface area contributed by atoms with Gasteiger partial charge in [-0.05, 0) is 38.7 Å². The van der Waals surface area contributed by atoms with Crippen molar-refractivity contribution in [2.75, 3.05) is 39.5 Å². The quantitative estimate of drug-likeness (QED) is 0.800. The van der Waals surface area contributed by atoms with Gasteiger partial charge in [-0.15, -0.1) is 0 Å². The maximum Gasteiger partial charge on any atom is 0.255 e. The lowest BCUT2D eigenvalue weighted by Crippen LogP contribution is -2.37. The van der Waals surface area contributed by atoms with Crippen LogP contribution < -0.4 is 5.73 Å². The van der Waals surface area contributed by atoms with Gasteiger partial charge in [0.2, 0.25) is 0 Å². The molecule has 0 fully saturated rings. The summed E-state index contributed by atoms with van der Waals surface area (Å²) < 4.78 is 13.0. The molecule has 0 aliphatic rings. The first-order chi connectivity index (χ1) is 8.95. The van der Waals surface area contributed by atoms with E-state index in [4.69, 9.17) is 5.73 Å². The molecule has 0 radical (unpaired) electrons. The molecule has 0 aliphatic heterocycles.